The first-order valence-corrected chi connectivity index (χ1v) is 11.6. The van der Waals surface area contributed by atoms with Crippen molar-refractivity contribution in [2.75, 3.05) is 19.6 Å². The molecule has 3 atom stereocenters. The van der Waals surface area contributed by atoms with Crippen molar-refractivity contribution in [3.8, 4) is 0 Å². The summed E-state index contributed by atoms with van der Waals surface area (Å²) in [4.78, 5) is 14.7. The van der Waals surface area contributed by atoms with Gasteiger partial charge in [0.25, 0.3) is 0 Å². The Bertz CT molecular complexity index is 1050. The molecule has 0 aromatic heterocycles. The number of nitrogens with zero attached hydrogens (tertiary/aromatic N) is 2. The molecule has 4 N–H and O–H groups in total. The van der Waals surface area contributed by atoms with Gasteiger partial charge in [-0.2, -0.15) is 4.31 Å². The summed E-state index contributed by atoms with van der Waals surface area (Å²) in [5.41, 5.74) is 6.25. The lowest BCUT2D eigenvalue weighted by molar-refractivity contribution is -0.137. The van der Waals surface area contributed by atoms with E-state index in [1.54, 1.807) is 18.2 Å². The first kappa shape index (κ1) is 21.3. The molecular weight excluding hydrogens is 405 g/mol. The number of likely N-dealkylation sites (tertiary alicyclic amines) is 1. The Kier molecular flexibility index (Phi) is 5.87. The van der Waals surface area contributed by atoms with Gasteiger partial charge in [-0.1, -0.05) is 30.3 Å². The highest BCUT2D eigenvalue weighted by atomic mass is 32.2. The van der Waals surface area contributed by atoms with Gasteiger partial charge in [-0.3, -0.25) is 4.79 Å². The Labute approximate surface area is 176 Å². The second-order valence-electron chi connectivity index (χ2n) is 8.09. The quantitative estimate of drug-likeness (QED) is 0.594. The monoisotopic (exact) mass is 431 g/mol. The maximum Gasteiger partial charge on any atom is 0.475 e. The smallest absolute Gasteiger partial charge is 0.426 e. The third-order valence-electron chi connectivity index (χ3n) is 6.22. The number of carbonyl (C=O) groups is 1. The highest BCUT2D eigenvalue weighted by Crippen LogP contribution is 2.29. The second kappa shape index (κ2) is 8.28. The molecule has 0 unspecified atom stereocenters. The van der Waals surface area contributed by atoms with Crippen LogP contribution in [0, 0.1) is 5.92 Å². The molecule has 10 heteroatoms. The zero-order chi connectivity index (χ0) is 21.5. The van der Waals surface area contributed by atoms with Crippen LogP contribution < -0.4 is 5.73 Å². The van der Waals surface area contributed by atoms with E-state index in [4.69, 9.17) is 5.73 Å². The largest absolute Gasteiger partial charge is 0.475 e. The van der Waals surface area contributed by atoms with Crippen molar-refractivity contribution in [1.29, 1.82) is 0 Å². The molecule has 30 heavy (non-hydrogen) atoms. The average Bonchev–Trinajstić information content (AvgIpc) is 3.23. The number of sulfonamides is 1. The summed E-state index contributed by atoms with van der Waals surface area (Å²) in [5, 5.41) is 20.9. The lowest BCUT2D eigenvalue weighted by Gasteiger charge is -2.38. The van der Waals surface area contributed by atoms with Crippen molar-refractivity contribution in [2.24, 2.45) is 11.7 Å². The van der Waals surface area contributed by atoms with Crippen LogP contribution in [0.15, 0.2) is 47.4 Å². The molecule has 0 saturated carbocycles. The number of nitrogens with two attached hydrogens (primary N) is 1. The first-order chi connectivity index (χ1) is 14.3. The molecule has 4 rings (SSSR count). The molecule has 160 valence electrons. The normalized spacial score (nSPS) is 25.6. The van der Waals surface area contributed by atoms with Gasteiger partial charge in [0, 0.05) is 25.7 Å². The number of hydrogen-bond acceptors (Lipinski definition) is 6. The summed E-state index contributed by atoms with van der Waals surface area (Å²) in [5.74, 6) is -1.38. The van der Waals surface area contributed by atoms with Crippen LogP contribution in [-0.2, 0) is 14.8 Å². The number of amides is 1. The second-order valence-corrected chi connectivity index (χ2v) is 10.0. The van der Waals surface area contributed by atoms with Gasteiger partial charge in [-0.15, -0.1) is 0 Å². The molecule has 1 amide bonds. The van der Waals surface area contributed by atoms with Gasteiger partial charge in [-0.05, 0) is 42.2 Å². The van der Waals surface area contributed by atoms with Crippen LogP contribution in [0.5, 0.6) is 0 Å². The fourth-order valence-electron chi connectivity index (χ4n) is 4.54. The molecule has 2 aliphatic rings. The molecule has 0 spiro atoms. The van der Waals surface area contributed by atoms with Crippen LogP contribution >= 0.6 is 0 Å². The van der Waals surface area contributed by atoms with E-state index < -0.39 is 35.0 Å². The Balaban J connectivity index is 1.50. The highest BCUT2D eigenvalue weighted by molar-refractivity contribution is 7.89. The fourth-order valence-corrected chi connectivity index (χ4v) is 6.07. The van der Waals surface area contributed by atoms with Crippen LogP contribution in [0.3, 0.4) is 0 Å². The van der Waals surface area contributed by atoms with E-state index in [1.807, 2.05) is 24.3 Å². The van der Waals surface area contributed by atoms with Gasteiger partial charge >= 0.3 is 7.12 Å². The molecule has 0 aliphatic carbocycles. The molecule has 2 aliphatic heterocycles. The fraction of sp³-hybridized carbons (Fsp3) is 0.450. The molecular formula is C20H26BN3O5S. The van der Waals surface area contributed by atoms with E-state index in [0.717, 1.165) is 10.8 Å². The van der Waals surface area contributed by atoms with Gasteiger partial charge in [-0.25, -0.2) is 8.42 Å². The number of carbonyl (C=O) groups excluding carboxylic acids is 1. The SMILES string of the molecule is N[C@@H]1CN(S(=O)(=O)c2ccc3ccccc3c2)CC[C@H]1C(=O)N1CCC[C@H]1B(O)O. The first-order valence-electron chi connectivity index (χ1n) is 10.2. The third-order valence-corrected chi connectivity index (χ3v) is 8.08. The molecule has 2 heterocycles. The van der Waals surface area contributed by atoms with Crippen molar-refractivity contribution < 1.29 is 23.3 Å². The van der Waals surface area contributed by atoms with Crippen LogP contribution in [0.2, 0.25) is 0 Å². The predicted octanol–water partition coefficient (Wildman–Crippen LogP) is 0.181. The maximum absolute atomic E-state index is 13.2. The van der Waals surface area contributed by atoms with E-state index >= 15 is 0 Å². The van der Waals surface area contributed by atoms with Crippen LogP contribution in [-0.4, -0.2) is 72.3 Å². The zero-order valence-corrected chi connectivity index (χ0v) is 17.4. The molecule has 2 saturated heterocycles. The molecule has 2 aromatic rings. The van der Waals surface area contributed by atoms with E-state index in [1.165, 1.54) is 9.21 Å². The minimum absolute atomic E-state index is 0.0474. The molecule has 2 aromatic carbocycles. The van der Waals surface area contributed by atoms with Gasteiger partial charge < -0.3 is 20.7 Å². The van der Waals surface area contributed by atoms with Gasteiger partial charge in [0.05, 0.1) is 16.8 Å². The summed E-state index contributed by atoms with van der Waals surface area (Å²) in [6.07, 6.45) is 1.55. The Morgan fingerprint density at radius 3 is 2.50 bits per heavy atom. The number of benzene rings is 2. The van der Waals surface area contributed by atoms with Gasteiger partial charge in [0.15, 0.2) is 0 Å². The van der Waals surface area contributed by atoms with E-state index in [2.05, 4.69) is 0 Å². The Morgan fingerprint density at radius 2 is 1.80 bits per heavy atom. The van der Waals surface area contributed by atoms with Crippen LogP contribution in [0.4, 0.5) is 0 Å². The Hall–Kier alpha value is -1.98. The van der Waals surface area contributed by atoms with Crippen LogP contribution in [0.25, 0.3) is 10.8 Å². The number of fused-ring (bicyclic) bond motifs is 1. The zero-order valence-electron chi connectivity index (χ0n) is 16.6. The molecule has 8 nitrogen and oxygen atoms in total. The standard InChI is InChI=1S/C20H26BN3O5S/c22-18-13-23(11-9-17(18)20(25)24-10-3-6-19(24)21(26)27)30(28,29)16-8-7-14-4-1-2-5-15(14)12-16/h1-2,4-5,7-8,12,17-19,26-27H,3,6,9-11,13,22H2/t17-,18-,19+/m1/s1. The van der Waals surface area contributed by atoms with Crippen molar-refractivity contribution in [1.82, 2.24) is 9.21 Å². The summed E-state index contributed by atoms with van der Waals surface area (Å²) in [6, 6.07) is 11.9. The highest BCUT2D eigenvalue weighted by Gasteiger charge is 2.43. The van der Waals surface area contributed by atoms with Crippen LogP contribution in [0.1, 0.15) is 19.3 Å². The van der Waals surface area contributed by atoms with E-state index in [-0.39, 0.29) is 23.9 Å². The lowest BCUT2D eigenvalue weighted by atomic mass is 9.77. The number of rotatable bonds is 4. The van der Waals surface area contributed by atoms with Gasteiger partial charge in [0.2, 0.25) is 15.9 Å². The van der Waals surface area contributed by atoms with Gasteiger partial charge in [0.1, 0.15) is 0 Å². The van der Waals surface area contributed by atoms with Crippen molar-refractivity contribution in [3.05, 3.63) is 42.5 Å². The molecule has 0 bridgehead atoms. The summed E-state index contributed by atoms with van der Waals surface area (Å²) in [6.45, 7) is 0.703. The number of piperidine rings is 1. The molecule has 2 fully saturated rings. The minimum Gasteiger partial charge on any atom is -0.426 e. The lowest BCUT2D eigenvalue weighted by Crippen LogP contribution is -2.57. The summed E-state index contributed by atoms with van der Waals surface area (Å²) >= 11 is 0. The summed E-state index contributed by atoms with van der Waals surface area (Å²) < 4.78 is 27.7. The minimum atomic E-state index is -3.73. The molecule has 0 radical (unpaired) electrons. The van der Waals surface area contributed by atoms with Crippen molar-refractivity contribution >= 4 is 33.8 Å². The van der Waals surface area contributed by atoms with E-state index in [0.29, 0.717) is 25.8 Å². The Morgan fingerprint density at radius 1 is 1.07 bits per heavy atom. The topological polar surface area (TPSA) is 124 Å². The number of hydrogen-bond donors (Lipinski definition) is 3. The summed E-state index contributed by atoms with van der Waals surface area (Å²) in [7, 11) is -5.31. The predicted molar refractivity (Wildman–Crippen MR) is 114 cm³/mol. The maximum atomic E-state index is 13.2. The van der Waals surface area contributed by atoms with E-state index in [9.17, 15) is 23.3 Å². The van der Waals surface area contributed by atoms with Crippen molar-refractivity contribution in [3.63, 3.8) is 0 Å². The average molecular weight is 431 g/mol. The van der Waals surface area contributed by atoms with Crippen molar-refractivity contribution in [2.45, 2.75) is 36.1 Å². The third kappa shape index (κ3) is 3.85.